The molecule has 29 heavy (non-hydrogen) atoms. The fourth-order valence-corrected chi connectivity index (χ4v) is 3.12. The highest BCUT2D eigenvalue weighted by molar-refractivity contribution is 7.88. The van der Waals surface area contributed by atoms with E-state index in [0.29, 0.717) is 16.5 Å². The molecule has 10 heteroatoms. The van der Waals surface area contributed by atoms with Crippen LogP contribution in [0, 0.1) is 0 Å². The quantitative estimate of drug-likeness (QED) is 0.595. The predicted molar refractivity (Wildman–Crippen MR) is 109 cm³/mol. The van der Waals surface area contributed by atoms with Gasteiger partial charge in [0, 0.05) is 24.8 Å². The zero-order valence-corrected chi connectivity index (χ0v) is 16.9. The minimum atomic E-state index is -3.46. The maximum atomic E-state index is 12.8. The van der Waals surface area contributed by atoms with Crippen LogP contribution < -0.4 is 10.9 Å². The van der Waals surface area contributed by atoms with E-state index in [1.807, 2.05) is 6.07 Å². The van der Waals surface area contributed by atoms with Crippen molar-refractivity contribution in [2.24, 2.45) is 0 Å². The third-order valence-corrected chi connectivity index (χ3v) is 5.65. The monoisotopic (exact) mass is 415 g/mol. The number of amides is 1. The number of carbonyl (C=O) groups excluding carboxylic acids is 1. The van der Waals surface area contributed by atoms with Crippen LogP contribution in [0.5, 0.6) is 0 Å². The minimum absolute atomic E-state index is 0.0598. The van der Waals surface area contributed by atoms with E-state index in [1.165, 1.54) is 11.7 Å². The van der Waals surface area contributed by atoms with Gasteiger partial charge in [-0.25, -0.2) is 13.1 Å². The van der Waals surface area contributed by atoms with Crippen LogP contribution in [0.2, 0.25) is 0 Å². The summed E-state index contributed by atoms with van der Waals surface area (Å²) in [5.74, 6) is -0.464. The molecule has 1 aromatic carbocycles. The van der Waals surface area contributed by atoms with Gasteiger partial charge in [-0.1, -0.05) is 24.3 Å². The van der Waals surface area contributed by atoms with Crippen molar-refractivity contribution < 1.29 is 13.2 Å². The zero-order valence-electron chi connectivity index (χ0n) is 16.1. The highest BCUT2D eigenvalue weighted by Gasteiger charge is 2.16. The van der Waals surface area contributed by atoms with E-state index < -0.39 is 15.9 Å². The van der Waals surface area contributed by atoms with Gasteiger partial charge >= 0.3 is 0 Å². The molecule has 0 fully saturated rings. The Morgan fingerprint density at radius 2 is 1.90 bits per heavy atom. The average Bonchev–Trinajstić information content (AvgIpc) is 2.69. The molecule has 0 aliphatic carbocycles. The first kappa shape index (κ1) is 20.6. The fourth-order valence-electron chi connectivity index (χ4n) is 2.77. The first-order valence-electron chi connectivity index (χ1n) is 8.81. The van der Waals surface area contributed by atoms with E-state index >= 15 is 0 Å². The molecule has 1 N–H and O–H groups in total. The molecule has 0 spiro atoms. The molecule has 152 valence electrons. The second kappa shape index (κ2) is 8.50. The summed E-state index contributed by atoms with van der Waals surface area (Å²) in [6.45, 7) is 0.00558. The van der Waals surface area contributed by atoms with E-state index in [0.717, 1.165) is 16.1 Å². The second-order valence-corrected chi connectivity index (χ2v) is 8.70. The van der Waals surface area contributed by atoms with Crippen molar-refractivity contribution in [3.05, 3.63) is 70.4 Å². The number of rotatable bonds is 7. The molecular formula is C19H21N5O4S. The van der Waals surface area contributed by atoms with Gasteiger partial charge in [-0.05, 0) is 17.7 Å². The van der Waals surface area contributed by atoms with E-state index in [2.05, 4.69) is 15.4 Å². The van der Waals surface area contributed by atoms with Crippen LogP contribution in [-0.4, -0.2) is 53.2 Å². The van der Waals surface area contributed by atoms with Crippen molar-refractivity contribution >= 4 is 26.7 Å². The molecule has 0 atom stereocenters. The van der Waals surface area contributed by atoms with Gasteiger partial charge in [-0.15, -0.1) is 0 Å². The van der Waals surface area contributed by atoms with Crippen LogP contribution in [0.1, 0.15) is 11.3 Å². The molecule has 2 aromatic heterocycles. The normalized spacial score (nSPS) is 11.7. The van der Waals surface area contributed by atoms with Gasteiger partial charge in [0.1, 0.15) is 0 Å². The number of benzene rings is 1. The Morgan fingerprint density at radius 3 is 2.55 bits per heavy atom. The second-order valence-electron chi connectivity index (χ2n) is 6.61. The first-order valence-corrected chi connectivity index (χ1v) is 10.7. The molecule has 3 aromatic rings. The summed E-state index contributed by atoms with van der Waals surface area (Å²) < 4.78 is 25.2. The largest absolute Gasteiger partial charge is 0.349 e. The molecule has 2 heterocycles. The number of aromatic nitrogens is 3. The number of carbonyl (C=O) groups is 1. The summed E-state index contributed by atoms with van der Waals surface area (Å²) in [7, 11) is -2.13. The minimum Gasteiger partial charge on any atom is -0.349 e. The SMILES string of the molecule is CN(CC(=O)NCc1nn(Cc2cccnc2)c(=O)c2ccccc12)S(C)(=O)=O. The standard InChI is InChI=1S/C19H21N5O4S/c1-23(29(2,27)28)13-18(25)21-11-17-15-7-3-4-8-16(15)19(26)24(22-17)12-14-6-5-9-20-10-14/h3-10H,11-13H2,1-2H3,(H,21,25). The van der Waals surface area contributed by atoms with Crippen LogP contribution in [0.25, 0.3) is 10.8 Å². The van der Waals surface area contributed by atoms with Crippen molar-refractivity contribution in [3.63, 3.8) is 0 Å². The lowest BCUT2D eigenvalue weighted by molar-refractivity contribution is -0.121. The Morgan fingerprint density at radius 1 is 1.17 bits per heavy atom. The lowest BCUT2D eigenvalue weighted by Crippen LogP contribution is -2.38. The van der Waals surface area contributed by atoms with Gasteiger partial charge in [0.15, 0.2) is 0 Å². The zero-order chi connectivity index (χ0) is 21.0. The number of fused-ring (bicyclic) bond motifs is 1. The number of likely N-dealkylation sites (N-methyl/N-ethyl adjacent to an activating group) is 1. The number of hydrogen-bond donors (Lipinski definition) is 1. The van der Waals surface area contributed by atoms with Gasteiger partial charge in [0.05, 0.1) is 37.0 Å². The van der Waals surface area contributed by atoms with Gasteiger partial charge in [-0.2, -0.15) is 9.40 Å². The van der Waals surface area contributed by atoms with Crippen LogP contribution >= 0.6 is 0 Å². The number of nitrogens with one attached hydrogen (secondary N) is 1. The number of nitrogens with zero attached hydrogens (tertiary/aromatic N) is 4. The van der Waals surface area contributed by atoms with Crippen molar-refractivity contribution in [2.75, 3.05) is 19.8 Å². The summed E-state index contributed by atoms with van der Waals surface area (Å²) in [5.41, 5.74) is 1.10. The molecule has 0 aliphatic rings. The topological polar surface area (TPSA) is 114 Å². The van der Waals surface area contributed by atoms with Crippen LogP contribution in [0.4, 0.5) is 0 Å². The highest BCUT2D eigenvalue weighted by Crippen LogP contribution is 2.13. The third kappa shape index (κ3) is 5.04. The first-order chi connectivity index (χ1) is 13.8. The van der Waals surface area contributed by atoms with Gasteiger partial charge in [0.25, 0.3) is 5.56 Å². The van der Waals surface area contributed by atoms with Crippen LogP contribution in [-0.2, 0) is 27.9 Å². The Hall–Kier alpha value is -3.11. The van der Waals surface area contributed by atoms with Crippen molar-refractivity contribution in [1.82, 2.24) is 24.4 Å². The summed E-state index contributed by atoms with van der Waals surface area (Å²) in [5, 5.41) is 8.22. The maximum absolute atomic E-state index is 12.8. The molecule has 0 saturated heterocycles. The Labute approximate surface area is 168 Å². The molecule has 0 aliphatic heterocycles. The Kier molecular flexibility index (Phi) is 6.04. The fraction of sp³-hybridized carbons (Fsp3) is 0.263. The lowest BCUT2D eigenvalue weighted by Gasteiger charge is -2.15. The van der Waals surface area contributed by atoms with E-state index in [1.54, 1.807) is 42.7 Å². The molecular weight excluding hydrogens is 394 g/mol. The van der Waals surface area contributed by atoms with E-state index in [4.69, 9.17) is 0 Å². The summed E-state index contributed by atoms with van der Waals surface area (Å²) in [6.07, 6.45) is 4.34. The predicted octanol–water partition coefficient (Wildman–Crippen LogP) is 0.347. The molecule has 3 rings (SSSR count). The number of sulfonamides is 1. The van der Waals surface area contributed by atoms with Crippen molar-refractivity contribution in [1.29, 1.82) is 0 Å². The average molecular weight is 415 g/mol. The van der Waals surface area contributed by atoms with E-state index in [9.17, 15) is 18.0 Å². The third-order valence-electron chi connectivity index (χ3n) is 4.38. The Balaban J connectivity index is 1.88. The Bertz CT molecular complexity index is 1190. The molecule has 0 saturated carbocycles. The summed E-state index contributed by atoms with van der Waals surface area (Å²) in [4.78, 5) is 29.0. The van der Waals surface area contributed by atoms with Gasteiger partial charge in [-0.3, -0.25) is 14.6 Å². The molecule has 0 radical (unpaired) electrons. The lowest BCUT2D eigenvalue weighted by atomic mass is 10.1. The van der Waals surface area contributed by atoms with Crippen LogP contribution in [0.15, 0.2) is 53.6 Å². The highest BCUT2D eigenvalue weighted by atomic mass is 32.2. The maximum Gasteiger partial charge on any atom is 0.274 e. The number of pyridine rings is 1. The summed E-state index contributed by atoms with van der Waals surface area (Å²) in [6, 6.07) is 10.7. The van der Waals surface area contributed by atoms with Gasteiger partial charge in [0.2, 0.25) is 15.9 Å². The molecule has 9 nitrogen and oxygen atoms in total. The van der Waals surface area contributed by atoms with Gasteiger partial charge < -0.3 is 5.32 Å². The molecule has 0 bridgehead atoms. The summed E-state index contributed by atoms with van der Waals surface area (Å²) >= 11 is 0. The number of hydrogen-bond acceptors (Lipinski definition) is 6. The smallest absolute Gasteiger partial charge is 0.274 e. The molecule has 0 unspecified atom stereocenters. The van der Waals surface area contributed by atoms with E-state index in [-0.39, 0.29) is 25.2 Å². The van der Waals surface area contributed by atoms with Crippen molar-refractivity contribution in [3.8, 4) is 0 Å². The van der Waals surface area contributed by atoms with Crippen LogP contribution in [0.3, 0.4) is 0 Å². The molecule has 1 amide bonds. The van der Waals surface area contributed by atoms with Crippen molar-refractivity contribution in [2.45, 2.75) is 13.1 Å².